The molecular weight excluding hydrogens is 300 g/mol. The van der Waals surface area contributed by atoms with E-state index in [1.165, 1.54) is 18.4 Å². The summed E-state index contributed by atoms with van der Waals surface area (Å²) in [5.41, 5.74) is 0.930. The zero-order valence-electron chi connectivity index (χ0n) is 15.1. The molecule has 0 radical (unpaired) electrons. The first-order chi connectivity index (χ1) is 11.4. The normalized spacial score (nSPS) is 22.5. The molecule has 3 rings (SSSR count). The zero-order valence-corrected chi connectivity index (χ0v) is 15.1. The van der Waals surface area contributed by atoms with Crippen LogP contribution < -0.4 is 5.32 Å². The van der Waals surface area contributed by atoms with Gasteiger partial charge in [-0.25, -0.2) is 4.79 Å². The number of rotatable bonds is 5. The molecule has 1 N–H and O–H groups in total. The Morgan fingerprint density at radius 3 is 2.58 bits per heavy atom. The minimum absolute atomic E-state index is 0.172. The summed E-state index contributed by atoms with van der Waals surface area (Å²) in [5.74, 6) is 0.740. The number of amides is 1. The van der Waals surface area contributed by atoms with Crippen molar-refractivity contribution in [2.45, 2.75) is 64.1 Å². The number of ether oxygens (including phenoxy) is 1. The van der Waals surface area contributed by atoms with Gasteiger partial charge in [0.25, 0.3) is 0 Å². The lowest BCUT2D eigenvalue weighted by molar-refractivity contribution is 0.0224. The van der Waals surface area contributed by atoms with E-state index in [1.54, 1.807) is 0 Å². The highest BCUT2D eigenvalue weighted by Crippen LogP contribution is 2.41. The van der Waals surface area contributed by atoms with Crippen molar-refractivity contribution in [2.75, 3.05) is 13.1 Å². The quantitative estimate of drug-likeness (QED) is 0.883. The van der Waals surface area contributed by atoms with Gasteiger partial charge in [-0.15, -0.1) is 0 Å². The molecular formula is C20H30N2O2. The summed E-state index contributed by atoms with van der Waals surface area (Å²) < 4.78 is 5.56. The SMILES string of the molecule is CC(C)(C)OC(=O)N1CCCC1CNC(c1ccccc1)C1CC1. The van der Waals surface area contributed by atoms with Crippen molar-refractivity contribution in [1.29, 1.82) is 0 Å². The molecule has 2 unspecified atom stereocenters. The van der Waals surface area contributed by atoms with Gasteiger partial charge in [0.1, 0.15) is 5.60 Å². The number of carbonyl (C=O) groups is 1. The van der Waals surface area contributed by atoms with Gasteiger partial charge in [0.15, 0.2) is 0 Å². The maximum atomic E-state index is 12.4. The maximum Gasteiger partial charge on any atom is 0.410 e. The lowest BCUT2D eigenvalue weighted by atomic mass is 10.0. The molecule has 2 atom stereocenters. The molecule has 4 nitrogen and oxygen atoms in total. The summed E-state index contributed by atoms with van der Waals surface area (Å²) in [5, 5.41) is 3.74. The molecule has 2 fully saturated rings. The summed E-state index contributed by atoms with van der Waals surface area (Å²) >= 11 is 0. The predicted molar refractivity (Wildman–Crippen MR) is 95.9 cm³/mol. The Labute approximate surface area is 145 Å². The second-order valence-corrected chi connectivity index (χ2v) is 8.10. The second-order valence-electron chi connectivity index (χ2n) is 8.10. The first-order valence-corrected chi connectivity index (χ1v) is 9.22. The van der Waals surface area contributed by atoms with Crippen molar-refractivity contribution in [3.8, 4) is 0 Å². The summed E-state index contributed by atoms with van der Waals surface area (Å²) in [6.45, 7) is 7.42. The number of benzene rings is 1. The zero-order chi connectivity index (χ0) is 17.2. The Balaban J connectivity index is 1.59. The fourth-order valence-electron chi connectivity index (χ4n) is 3.52. The molecule has 4 heteroatoms. The first-order valence-electron chi connectivity index (χ1n) is 9.22. The third-order valence-corrected chi connectivity index (χ3v) is 4.83. The number of likely N-dealkylation sites (tertiary alicyclic amines) is 1. The number of carbonyl (C=O) groups excluding carboxylic acids is 1. The standard InChI is InChI=1S/C20H30N2O2/c1-20(2,3)24-19(23)22-13-7-10-17(22)14-21-18(16-11-12-16)15-8-5-4-6-9-15/h4-6,8-9,16-18,21H,7,10-14H2,1-3H3. The highest BCUT2D eigenvalue weighted by molar-refractivity contribution is 5.69. The second kappa shape index (κ2) is 7.14. The van der Waals surface area contributed by atoms with E-state index < -0.39 is 5.60 Å². The molecule has 1 aliphatic heterocycles. The number of nitrogens with one attached hydrogen (secondary N) is 1. The van der Waals surface area contributed by atoms with Gasteiger partial charge in [-0.3, -0.25) is 0 Å². The lowest BCUT2D eigenvalue weighted by Gasteiger charge is -2.30. The van der Waals surface area contributed by atoms with Gasteiger partial charge >= 0.3 is 6.09 Å². The fourth-order valence-corrected chi connectivity index (χ4v) is 3.52. The largest absolute Gasteiger partial charge is 0.444 e. The van der Waals surface area contributed by atoms with Gasteiger partial charge in [-0.05, 0) is 57.9 Å². The summed E-state index contributed by atoms with van der Waals surface area (Å²) in [6.07, 6.45) is 4.54. The van der Waals surface area contributed by atoms with Crippen LogP contribution in [0.1, 0.15) is 58.1 Å². The average Bonchev–Trinajstić information content (AvgIpc) is 3.24. The van der Waals surface area contributed by atoms with Gasteiger partial charge in [0.05, 0.1) is 0 Å². The van der Waals surface area contributed by atoms with Gasteiger partial charge in [0, 0.05) is 25.2 Å². The molecule has 24 heavy (non-hydrogen) atoms. The molecule has 1 saturated heterocycles. The predicted octanol–water partition coefficient (Wildman–Crippen LogP) is 4.13. The lowest BCUT2D eigenvalue weighted by Crippen LogP contribution is -2.44. The fraction of sp³-hybridized carbons (Fsp3) is 0.650. The van der Waals surface area contributed by atoms with Crippen LogP contribution in [0.3, 0.4) is 0 Å². The van der Waals surface area contributed by atoms with Crippen molar-refractivity contribution in [3.63, 3.8) is 0 Å². The highest BCUT2D eigenvalue weighted by atomic mass is 16.6. The molecule has 0 spiro atoms. The highest BCUT2D eigenvalue weighted by Gasteiger charge is 2.35. The molecule has 0 bridgehead atoms. The first kappa shape index (κ1) is 17.3. The van der Waals surface area contributed by atoms with E-state index in [1.807, 2.05) is 25.7 Å². The molecule has 1 heterocycles. The van der Waals surface area contributed by atoms with Gasteiger partial charge in [-0.2, -0.15) is 0 Å². The van der Waals surface area contributed by atoms with Crippen molar-refractivity contribution in [3.05, 3.63) is 35.9 Å². The number of hydrogen-bond acceptors (Lipinski definition) is 3. The Bertz CT molecular complexity index is 549. The van der Waals surface area contributed by atoms with E-state index in [9.17, 15) is 4.79 Å². The molecule has 1 saturated carbocycles. The van der Waals surface area contributed by atoms with E-state index >= 15 is 0 Å². The molecule has 0 aromatic heterocycles. The van der Waals surface area contributed by atoms with Crippen LogP contribution in [-0.2, 0) is 4.74 Å². The van der Waals surface area contributed by atoms with Gasteiger partial charge < -0.3 is 15.0 Å². The van der Waals surface area contributed by atoms with Gasteiger partial charge in [0.2, 0.25) is 0 Å². The van der Waals surface area contributed by atoms with Crippen LogP contribution in [-0.4, -0.2) is 35.7 Å². The Morgan fingerprint density at radius 1 is 1.25 bits per heavy atom. The van der Waals surface area contributed by atoms with Crippen molar-refractivity contribution >= 4 is 6.09 Å². The van der Waals surface area contributed by atoms with Crippen LogP contribution in [0.25, 0.3) is 0 Å². The average molecular weight is 330 g/mol. The summed E-state index contributed by atoms with van der Waals surface area (Å²) in [7, 11) is 0. The molecule has 132 valence electrons. The van der Waals surface area contributed by atoms with E-state index in [2.05, 4.69) is 35.6 Å². The van der Waals surface area contributed by atoms with Crippen LogP contribution in [0, 0.1) is 5.92 Å². The maximum absolute atomic E-state index is 12.4. The Hall–Kier alpha value is -1.55. The van der Waals surface area contributed by atoms with E-state index in [-0.39, 0.29) is 12.1 Å². The Kier molecular flexibility index (Phi) is 5.14. The van der Waals surface area contributed by atoms with Crippen LogP contribution in [0.2, 0.25) is 0 Å². The third-order valence-electron chi connectivity index (χ3n) is 4.83. The Morgan fingerprint density at radius 2 is 1.96 bits per heavy atom. The van der Waals surface area contributed by atoms with Crippen molar-refractivity contribution in [2.24, 2.45) is 5.92 Å². The molecule has 1 aliphatic carbocycles. The van der Waals surface area contributed by atoms with Crippen LogP contribution in [0.4, 0.5) is 4.79 Å². The van der Waals surface area contributed by atoms with E-state index in [0.717, 1.165) is 31.8 Å². The van der Waals surface area contributed by atoms with E-state index in [4.69, 9.17) is 4.74 Å². The molecule has 1 amide bonds. The van der Waals surface area contributed by atoms with Crippen LogP contribution in [0.5, 0.6) is 0 Å². The van der Waals surface area contributed by atoms with Crippen molar-refractivity contribution in [1.82, 2.24) is 10.2 Å². The number of hydrogen-bond donors (Lipinski definition) is 1. The van der Waals surface area contributed by atoms with E-state index in [0.29, 0.717) is 6.04 Å². The monoisotopic (exact) mass is 330 g/mol. The smallest absolute Gasteiger partial charge is 0.410 e. The van der Waals surface area contributed by atoms with Crippen molar-refractivity contribution < 1.29 is 9.53 Å². The molecule has 2 aliphatic rings. The van der Waals surface area contributed by atoms with Crippen LogP contribution in [0.15, 0.2) is 30.3 Å². The van der Waals surface area contributed by atoms with Crippen LogP contribution >= 0.6 is 0 Å². The number of nitrogens with zero attached hydrogens (tertiary/aromatic N) is 1. The minimum atomic E-state index is -0.432. The topological polar surface area (TPSA) is 41.6 Å². The molecule has 1 aromatic rings. The van der Waals surface area contributed by atoms with Gasteiger partial charge in [-0.1, -0.05) is 30.3 Å². The summed E-state index contributed by atoms with van der Waals surface area (Å²) in [6, 6.07) is 11.3. The summed E-state index contributed by atoms with van der Waals surface area (Å²) in [4.78, 5) is 14.3. The third kappa shape index (κ3) is 4.50. The minimum Gasteiger partial charge on any atom is -0.444 e. The molecule has 1 aromatic carbocycles.